The van der Waals surface area contributed by atoms with E-state index in [1.54, 1.807) is 18.2 Å². The molecule has 5 rings (SSSR count). The third-order valence-corrected chi connectivity index (χ3v) is 5.91. The highest BCUT2D eigenvalue weighted by molar-refractivity contribution is 6.09. The van der Waals surface area contributed by atoms with Crippen molar-refractivity contribution in [3.05, 3.63) is 58.7 Å². The number of hydrogen-bond donors (Lipinski definition) is 3. The first kappa shape index (κ1) is 18.4. The highest BCUT2D eigenvalue weighted by Crippen LogP contribution is 2.31. The molecule has 0 bridgehead atoms. The molecule has 8 nitrogen and oxygen atoms in total. The maximum atomic E-state index is 12.9. The smallest absolute Gasteiger partial charge is 0.255 e. The summed E-state index contributed by atoms with van der Waals surface area (Å²) in [7, 11) is 0. The number of amides is 4. The summed E-state index contributed by atoms with van der Waals surface area (Å²) < 4.78 is 0. The number of imide groups is 1. The molecule has 1 saturated heterocycles. The van der Waals surface area contributed by atoms with Crippen LogP contribution in [0.5, 0.6) is 0 Å². The van der Waals surface area contributed by atoms with Gasteiger partial charge in [-0.05, 0) is 42.7 Å². The predicted octanol–water partition coefficient (Wildman–Crippen LogP) is 1.67. The molecule has 3 aliphatic rings. The first-order chi connectivity index (χ1) is 14.5. The highest BCUT2D eigenvalue weighted by atomic mass is 16.2. The third kappa shape index (κ3) is 3.01. The van der Waals surface area contributed by atoms with E-state index in [4.69, 9.17) is 0 Å². The zero-order valence-electron chi connectivity index (χ0n) is 16.2. The van der Waals surface area contributed by atoms with E-state index in [2.05, 4.69) is 16.0 Å². The van der Waals surface area contributed by atoms with Crippen molar-refractivity contribution in [2.75, 3.05) is 17.2 Å². The van der Waals surface area contributed by atoms with E-state index in [0.29, 0.717) is 24.1 Å². The lowest BCUT2D eigenvalue weighted by atomic mass is 10.0. The number of hydrogen-bond acceptors (Lipinski definition) is 5. The van der Waals surface area contributed by atoms with Gasteiger partial charge in [0.1, 0.15) is 6.04 Å². The molecule has 3 N–H and O–H groups in total. The van der Waals surface area contributed by atoms with Crippen LogP contribution in [0.1, 0.15) is 44.7 Å². The molecule has 1 atom stereocenters. The van der Waals surface area contributed by atoms with Gasteiger partial charge in [-0.25, -0.2) is 0 Å². The lowest BCUT2D eigenvalue weighted by Gasteiger charge is -2.29. The number of nitrogens with zero attached hydrogens (tertiary/aromatic N) is 1. The summed E-state index contributed by atoms with van der Waals surface area (Å²) in [6.45, 7) is 1.13. The molecule has 2 aromatic carbocycles. The average Bonchev–Trinajstić information content (AvgIpc) is 3.33. The Labute approximate surface area is 172 Å². The lowest BCUT2D eigenvalue weighted by Crippen LogP contribution is -2.52. The van der Waals surface area contributed by atoms with Crippen LogP contribution in [0.4, 0.5) is 11.4 Å². The van der Waals surface area contributed by atoms with Crippen molar-refractivity contribution in [2.24, 2.45) is 0 Å². The molecule has 3 aliphatic heterocycles. The van der Waals surface area contributed by atoms with Crippen LogP contribution >= 0.6 is 0 Å². The minimum Gasteiger partial charge on any atom is -0.384 e. The fourth-order valence-electron chi connectivity index (χ4n) is 4.35. The van der Waals surface area contributed by atoms with Gasteiger partial charge >= 0.3 is 0 Å². The number of fused-ring (bicyclic) bond motifs is 2. The second kappa shape index (κ2) is 6.98. The summed E-state index contributed by atoms with van der Waals surface area (Å²) in [5, 5.41) is 8.52. The van der Waals surface area contributed by atoms with Gasteiger partial charge in [-0.2, -0.15) is 0 Å². The minimum atomic E-state index is -0.667. The average molecular weight is 404 g/mol. The first-order valence-electron chi connectivity index (χ1n) is 9.96. The molecule has 0 saturated carbocycles. The van der Waals surface area contributed by atoms with Gasteiger partial charge in [0.25, 0.3) is 11.8 Å². The number of piperidine rings is 1. The molecule has 8 heteroatoms. The first-order valence-corrected chi connectivity index (χ1v) is 9.96. The fraction of sp³-hybridized carbons (Fsp3) is 0.273. The number of nitrogens with one attached hydrogen (secondary N) is 3. The number of carbonyl (C=O) groups is 4. The molecule has 152 valence electrons. The van der Waals surface area contributed by atoms with Gasteiger partial charge in [0.05, 0.1) is 0 Å². The highest BCUT2D eigenvalue weighted by Gasteiger charge is 2.39. The fourth-order valence-corrected chi connectivity index (χ4v) is 4.35. The normalized spacial score (nSPS) is 19.8. The van der Waals surface area contributed by atoms with E-state index < -0.39 is 11.9 Å². The van der Waals surface area contributed by atoms with Crippen molar-refractivity contribution in [1.29, 1.82) is 0 Å². The van der Waals surface area contributed by atoms with Gasteiger partial charge in [-0.3, -0.25) is 24.5 Å². The van der Waals surface area contributed by atoms with Crippen LogP contribution in [0, 0.1) is 0 Å². The van der Waals surface area contributed by atoms with Crippen molar-refractivity contribution < 1.29 is 19.2 Å². The lowest BCUT2D eigenvalue weighted by molar-refractivity contribution is -0.136. The summed E-state index contributed by atoms with van der Waals surface area (Å²) in [6, 6.07) is 10.1. The van der Waals surface area contributed by atoms with Crippen LogP contribution in [0.2, 0.25) is 0 Å². The van der Waals surface area contributed by atoms with Gasteiger partial charge in [0.15, 0.2) is 0 Å². The van der Waals surface area contributed by atoms with E-state index in [0.717, 1.165) is 35.5 Å². The number of anilines is 2. The molecule has 0 spiro atoms. The van der Waals surface area contributed by atoms with Crippen LogP contribution in [0.25, 0.3) is 0 Å². The van der Waals surface area contributed by atoms with Gasteiger partial charge < -0.3 is 15.5 Å². The second-order valence-electron chi connectivity index (χ2n) is 7.73. The Morgan fingerprint density at radius 2 is 1.97 bits per heavy atom. The number of rotatable bonds is 3. The van der Waals surface area contributed by atoms with Gasteiger partial charge in [0, 0.05) is 47.6 Å². The largest absolute Gasteiger partial charge is 0.384 e. The molecule has 0 aromatic heterocycles. The molecule has 30 heavy (non-hydrogen) atoms. The zero-order chi connectivity index (χ0) is 20.8. The zero-order valence-corrected chi connectivity index (χ0v) is 16.2. The Kier molecular flexibility index (Phi) is 4.27. The Hall–Kier alpha value is -3.68. The quantitative estimate of drug-likeness (QED) is 0.675. The van der Waals surface area contributed by atoms with Crippen molar-refractivity contribution in [3.8, 4) is 0 Å². The van der Waals surface area contributed by atoms with Crippen LogP contribution in [-0.2, 0) is 22.6 Å². The van der Waals surface area contributed by atoms with E-state index in [1.165, 1.54) is 4.90 Å². The molecule has 0 radical (unpaired) electrons. The molecule has 3 heterocycles. The molecule has 0 aliphatic carbocycles. The van der Waals surface area contributed by atoms with Crippen LogP contribution in [0.15, 0.2) is 36.4 Å². The van der Waals surface area contributed by atoms with E-state index in [9.17, 15) is 19.2 Å². The molecule has 2 aromatic rings. The molecule has 1 fully saturated rings. The van der Waals surface area contributed by atoms with Crippen molar-refractivity contribution in [1.82, 2.24) is 10.2 Å². The molecule has 1 unspecified atom stereocenters. The minimum absolute atomic E-state index is 0.209. The van der Waals surface area contributed by atoms with Crippen molar-refractivity contribution >= 4 is 35.0 Å². The van der Waals surface area contributed by atoms with Crippen molar-refractivity contribution in [3.63, 3.8) is 0 Å². The van der Waals surface area contributed by atoms with Gasteiger partial charge in [-0.1, -0.05) is 12.1 Å². The molecular weight excluding hydrogens is 384 g/mol. The summed E-state index contributed by atoms with van der Waals surface area (Å²) in [5.41, 5.74) is 4.44. The standard InChI is InChI=1S/C22H20N4O4/c27-19-7-6-18(21(29)25-19)26-11-13-5-4-12(10-15(13)22(26)30)20(28)24-17-3-1-2-16-14(17)8-9-23-16/h1-5,10,18,23H,6-9,11H2,(H,24,28)(H,25,27,29). The van der Waals surface area contributed by atoms with Crippen LogP contribution in [-0.4, -0.2) is 41.1 Å². The van der Waals surface area contributed by atoms with E-state index >= 15 is 0 Å². The monoisotopic (exact) mass is 404 g/mol. The Bertz CT molecular complexity index is 1110. The maximum absolute atomic E-state index is 12.9. The third-order valence-electron chi connectivity index (χ3n) is 5.91. The van der Waals surface area contributed by atoms with Gasteiger partial charge in [0.2, 0.25) is 11.8 Å². The van der Waals surface area contributed by atoms with Crippen LogP contribution < -0.4 is 16.0 Å². The summed E-state index contributed by atoms with van der Waals surface area (Å²) in [6.07, 6.45) is 1.36. The van der Waals surface area contributed by atoms with Crippen molar-refractivity contribution in [2.45, 2.75) is 31.8 Å². The Morgan fingerprint density at radius 1 is 1.10 bits per heavy atom. The summed E-state index contributed by atoms with van der Waals surface area (Å²) in [4.78, 5) is 50.8. The Morgan fingerprint density at radius 3 is 2.80 bits per heavy atom. The van der Waals surface area contributed by atoms with E-state index in [1.807, 2.05) is 18.2 Å². The molecule has 4 amide bonds. The summed E-state index contributed by atoms with van der Waals surface area (Å²) >= 11 is 0. The van der Waals surface area contributed by atoms with Gasteiger partial charge in [-0.15, -0.1) is 0 Å². The second-order valence-corrected chi connectivity index (χ2v) is 7.73. The number of carbonyl (C=O) groups excluding carboxylic acids is 4. The molecular formula is C22H20N4O4. The topological polar surface area (TPSA) is 108 Å². The SMILES string of the molecule is O=C1CCC(N2Cc3ccc(C(=O)Nc4cccc5c4CCN5)cc3C2=O)C(=O)N1. The predicted molar refractivity (Wildman–Crippen MR) is 109 cm³/mol. The summed E-state index contributed by atoms with van der Waals surface area (Å²) in [5.74, 6) is -1.34. The van der Waals surface area contributed by atoms with E-state index in [-0.39, 0.29) is 24.1 Å². The maximum Gasteiger partial charge on any atom is 0.255 e. The van der Waals surface area contributed by atoms with Crippen LogP contribution in [0.3, 0.4) is 0 Å². The number of benzene rings is 2. The Balaban J connectivity index is 1.36.